The third-order valence-corrected chi connectivity index (χ3v) is 4.83. The first-order valence-corrected chi connectivity index (χ1v) is 8.39. The van der Waals surface area contributed by atoms with Crippen molar-refractivity contribution in [3.05, 3.63) is 40.2 Å². The molecular formula is C17H20N2OS. The number of benzene rings is 1. The zero-order valence-corrected chi connectivity index (χ0v) is 13.1. The average molecular weight is 300 g/mol. The quantitative estimate of drug-likeness (QED) is 0.929. The molecule has 1 aliphatic rings. The van der Waals surface area contributed by atoms with Crippen molar-refractivity contribution >= 4 is 17.2 Å². The Balaban J connectivity index is 1.58. The molecule has 3 nitrogen and oxygen atoms in total. The number of carbonyl (C=O) groups is 1. The first kappa shape index (κ1) is 14.3. The molecule has 0 atom stereocenters. The molecule has 1 saturated carbocycles. The van der Waals surface area contributed by atoms with E-state index >= 15 is 0 Å². The number of hydrogen-bond acceptors (Lipinski definition) is 3. The number of rotatable bonds is 4. The highest BCUT2D eigenvalue weighted by molar-refractivity contribution is 7.09. The molecular weight excluding hydrogens is 280 g/mol. The summed E-state index contributed by atoms with van der Waals surface area (Å²) in [4.78, 5) is 16.5. The second kappa shape index (κ2) is 6.39. The van der Waals surface area contributed by atoms with Gasteiger partial charge in [-0.1, -0.05) is 37.1 Å². The van der Waals surface area contributed by atoms with Gasteiger partial charge in [-0.15, -0.1) is 11.3 Å². The van der Waals surface area contributed by atoms with E-state index in [1.807, 2.05) is 6.92 Å². The van der Waals surface area contributed by atoms with E-state index in [1.54, 1.807) is 11.3 Å². The molecule has 1 amide bonds. The Bertz CT molecular complexity index is 612. The lowest BCUT2D eigenvalue weighted by Crippen LogP contribution is -2.28. The molecule has 21 heavy (non-hydrogen) atoms. The van der Waals surface area contributed by atoms with E-state index in [4.69, 9.17) is 0 Å². The van der Waals surface area contributed by atoms with Gasteiger partial charge < -0.3 is 5.32 Å². The van der Waals surface area contributed by atoms with E-state index in [1.165, 1.54) is 12.8 Å². The highest BCUT2D eigenvalue weighted by atomic mass is 32.1. The largest absolute Gasteiger partial charge is 0.352 e. The van der Waals surface area contributed by atoms with Crippen LogP contribution >= 0.6 is 11.3 Å². The van der Waals surface area contributed by atoms with Crippen LogP contribution in [0.3, 0.4) is 0 Å². The van der Waals surface area contributed by atoms with Gasteiger partial charge in [0.05, 0.1) is 10.7 Å². The first-order chi connectivity index (χ1) is 10.2. The van der Waals surface area contributed by atoms with Crippen LogP contribution < -0.4 is 5.32 Å². The van der Waals surface area contributed by atoms with Crippen LogP contribution in [0.4, 0.5) is 0 Å². The number of carbonyl (C=O) groups excluding carboxylic acids is 1. The Labute approximate surface area is 129 Å². The summed E-state index contributed by atoms with van der Waals surface area (Å²) < 4.78 is 0. The van der Waals surface area contributed by atoms with Crippen molar-refractivity contribution in [3.8, 4) is 11.3 Å². The Morgan fingerprint density at radius 1 is 1.29 bits per heavy atom. The molecule has 4 heteroatoms. The maximum Gasteiger partial charge on any atom is 0.223 e. The molecule has 0 unspecified atom stereocenters. The van der Waals surface area contributed by atoms with Gasteiger partial charge >= 0.3 is 0 Å². The van der Waals surface area contributed by atoms with Crippen molar-refractivity contribution < 1.29 is 4.79 Å². The monoisotopic (exact) mass is 300 g/mol. The number of nitrogens with zero attached hydrogens (tertiary/aromatic N) is 1. The predicted molar refractivity (Wildman–Crippen MR) is 86.1 cm³/mol. The Morgan fingerprint density at radius 3 is 2.62 bits per heavy atom. The molecule has 1 fully saturated rings. The molecule has 0 saturated heterocycles. The molecule has 1 heterocycles. The first-order valence-electron chi connectivity index (χ1n) is 7.51. The predicted octanol–water partition coefficient (Wildman–Crippen LogP) is 3.92. The fraction of sp³-hybridized carbons (Fsp3) is 0.412. The number of thiazole rings is 1. The van der Waals surface area contributed by atoms with Gasteiger partial charge in [-0.25, -0.2) is 4.98 Å². The summed E-state index contributed by atoms with van der Waals surface area (Å²) in [6.07, 6.45) is 4.49. The van der Waals surface area contributed by atoms with Crippen LogP contribution in [0.1, 0.15) is 36.3 Å². The third-order valence-electron chi connectivity index (χ3n) is 4.06. The van der Waals surface area contributed by atoms with Crippen LogP contribution in [0.2, 0.25) is 0 Å². The molecule has 0 aliphatic heterocycles. The normalized spacial score (nSPS) is 15.3. The molecule has 1 N–H and O–H groups in total. The fourth-order valence-corrected chi connectivity index (χ4v) is 3.43. The van der Waals surface area contributed by atoms with Crippen LogP contribution in [0.25, 0.3) is 11.3 Å². The van der Waals surface area contributed by atoms with Gasteiger partial charge in [-0.2, -0.15) is 0 Å². The van der Waals surface area contributed by atoms with Crippen molar-refractivity contribution in [1.82, 2.24) is 10.3 Å². The Morgan fingerprint density at radius 2 is 2.00 bits per heavy atom. The highest BCUT2D eigenvalue weighted by Gasteiger charge is 2.21. The van der Waals surface area contributed by atoms with Crippen LogP contribution in [-0.2, 0) is 11.3 Å². The third kappa shape index (κ3) is 3.50. The summed E-state index contributed by atoms with van der Waals surface area (Å²) >= 11 is 1.66. The molecule has 1 aromatic heterocycles. The summed E-state index contributed by atoms with van der Waals surface area (Å²) in [5, 5.41) is 6.21. The van der Waals surface area contributed by atoms with Gasteiger partial charge in [0.25, 0.3) is 0 Å². The van der Waals surface area contributed by atoms with Gasteiger partial charge in [-0.3, -0.25) is 4.79 Å². The molecule has 2 aromatic rings. The smallest absolute Gasteiger partial charge is 0.223 e. The van der Waals surface area contributed by atoms with E-state index in [-0.39, 0.29) is 11.8 Å². The Kier molecular flexibility index (Phi) is 4.34. The van der Waals surface area contributed by atoms with Gasteiger partial charge in [0.2, 0.25) is 5.91 Å². The van der Waals surface area contributed by atoms with Crippen molar-refractivity contribution in [1.29, 1.82) is 0 Å². The van der Waals surface area contributed by atoms with Gasteiger partial charge in [0.15, 0.2) is 0 Å². The SMILES string of the molecule is Cc1nc(-c2ccc(CNC(=O)C3CCCC3)cc2)cs1. The minimum atomic E-state index is 0.215. The van der Waals surface area contributed by atoms with Crippen molar-refractivity contribution in [2.45, 2.75) is 39.2 Å². The topological polar surface area (TPSA) is 42.0 Å². The summed E-state index contributed by atoms with van der Waals surface area (Å²) in [6.45, 7) is 2.63. The van der Waals surface area contributed by atoms with Crippen LogP contribution in [0.5, 0.6) is 0 Å². The lowest BCUT2D eigenvalue weighted by Gasteiger charge is -2.10. The van der Waals surface area contributed by atoms with Gasteiger partial charge in [-0.05, 0) is 25.3 Å². The molecule has 0 spiro atoms. The van der Waals surface area contributed by atoms with E-state index in [2.05, 4.69) is 39.9 Å². The molecule has 1 aliphatic carbocycles. The summed E-state index contributed by atoms with van der Waals surface area (Å²) in [5.74, 6) is 0.453. The molecule has 0 bridgehead atoms. The number of aryl methyl sites for hydroxylation is 1. The van der Waals surface area contributed by atoms with Crippen molar-refractivity contribution in [3.63, 3.8) is 0 Å². The minimum Gasteiger partial charge on any atom is -0.352 e. The fourth-order valence-electron chi connectivity index (χ4n) is 2.81. The molecule has 3 rings (SSSR count). The second-order valence-corrected chi connectivity index (χ2v) is 6.71. The molecule has 110 valence electrons. The van der Waals surface area contributed by atoms with E-state index in [0.717, 1.165) is 34.7 Å². The summed E-state index contributed by atoms with van der Waals surface area (Å²) in [5.41, 5.74) is 3.29. The second-order valence-electron chi connectivity index (χ2n) is 5.65. The van der Waals surface area contributed by atoms with Crippen molar-refractivity contribution in [2.24, 2.45) is 5.92 Å². The zero-order valence-electron chi connectivity index (χ0n) is 12.3. The summed E-state index contributed by atoms with van der Waals surface area (Å²) in [7, 11) is 0. The van der Waals surface area contributed by atoms with Crippen molar-refractivity contribution in [2.75, 3.05) is 0 Å². The Hall–Kier alpha value is -1.68. The molecule has 1 aromatic carbocycles. The lowest BCUT2D eigenvalue weighted by atomic mass is 10.1. The zero-order chi connectivity index (χ0) is 14.7. The number of aromatic nitrogens is 1. The van der Waals surface area contributed by atoms with Gasteiger partial charge in [0, 0.05) is 23.4 Å². The van der Waals surface area contributed by atoms with Crippen LogP contribution in [0.15, 0.2) is 29.6 Å². The van der Waals surface area contributed by atoms with Gasteiger partial charge in [0.1, 0.15) is 0 Å². The average Bonchev–Trinajstić information content (AvgIpc) is 3.17. The number of amides is 1. The number of hydrogen-bond donors (Lipinski definition) is 1. The lowest BCUT2D eigenvalue weighted by molar-refractivity contribution is -0.124. The van der Waals surface area contributed by atoms with E-state index < -0.39 is 0 Å². The standard InChI is InChI=1S/C17H20N2OS/c1-12-19-16(11-21-12)14-8-6-13(7-9-14)10-18-17(20)15-4-2-3-5-15/h6-9,11,15H,2-5,10H2,1H3,(H,18,20). The highest BCUT2D eigenvalue weighted by Crippen LogP contribution is 2.25. The number of nitrogens with one attached hydrogen (secondary N) is 1. The van der Waals surface area contributed by atoms with Crippen LogP contribution in [0, 0.1) is 12.8 Å². The minimum absolute atomic E-state index is 0.215. The molecule has 0 radical (unpaired) electrons. The summed E-state index contributed by atoms with van der Waals surface area (Å²) in [6, 6.07) is 8.29. The van der Waals surface area contributed by atoms with E-state index in [0.29, 0.717) is 6.54 Å². The van der Waals surface area contributed by atoms with Crippen LogP contribution in [-0.4, -0.2) is 10.9 Å². The van der Waals surface area contributed by atoms with E-state index in [9.17, 15) is 4.79 Å². The maximum atomic E-state index is 12.0. The maximum absolute atomic E-state index is 12.0.